The molecule has 0 fully saturated rings. The van der Waals surface area contributed by atoms with Crippen LogP contribution in [0.2, 0.25) is 0 Å². The summed E-state index contributed by atoms with van der Waals surface area (Å²) in [4.78, 5) is 12.4. The van der Waals surface area contributed by atoms with Crippen molar-refractivity contribution in [2.75, 3.05) is 6.54 Å². The molecule has 8 heteroatoms. The van der Waals surface area contributed by atoms with Gasteiger partial charge in [-0.3, -0.25) is 4.79 Å². The Morgan fingerprint density at radius 1 is 1.10 bits per heavy atom. The van der Waals surface area contributed by atoms with Crippen LogP contribution in [-0.4, -0.2) is 43.5 Å². The molecule has 0 saturated heterocycles. The van der Waals surface area contributed by atoms with E-state index in [2.05, 4.69) is 14.8 Å². The minimum Gasteiger partial charge on any atom is -0.351 e. The Morgan fingerprint density at radius 2 is 1.76 bits per heavy atom. The zero-order valence-corrected chi connectivity index (χ0v) is 17.5. The molecule has 0 aliphatic carbocycles. The van der Waals surface area contributed by atoms with Crippen LogP contribution in [0.1, 0.15) is 38.3 Å². The van der Waals surface area contributed by atoms with Gasteiger partial charge < -0.3 is 5.32 Å². The van der Waals surface area contributed by atoms with Gasteiger partial charge >= 0.3 is 0 Å². The number of carbonyl (C=O) groups excluding carboxylic acids is 1. The van der Waals surface area contributed by atoms with Gasteiger partial charge in [-0.2, -0.15) is 13.5 Å². The number of nitrogens with zero attached hydrogens (tertiary/aromatic N) is 3. The van der Waals surface area contributed by atoms with Gasteiger partial charge in [0.05, 0.1) is 12.8 Å². The maximum absolute atomic E-state index is 12.4. The molecule has 0 saturated carbocycles. The summed E-state index contributed by atoms with van der Waals surface area (Å²) in [6.45, 7) is 5.90. The molecule has 0 atom stereocenters. The average Bonchev–Trinajstić information content (AvgIpc) is 2.93. The smallest absolute Gasteiger partial charge is 0.285 e. The summed E-state index contributed by atoms with van der Waals surface area (Å²) in [5.41, 5.74) is 0.982. The topological polar surface area (TPSA) is 91.2 Å². The van der Waals surface area contributed by atoms with E-state index >= 15 is 0 Å². The van der Waals surface area contributed by atoms with E-state index in [9.17, 15) is 13.2 Å². The highest BCUT2D eigenvalue weighted by Crippen LogP contribution is 2.27. The van der Waals surface area contributed by atoms with Crippen molar-refractivity contribution in [1.29, 1.82) is 0 Å². The van der Waals surface area contributed by atoms with E-state index < -0.39 is 10.0 Å². The first kappa shape index (κ1) is 20.7. The molecule has 0 radical (unpaired) electrons. The molecule has 1 heterocycles. The third-order valence-corrected chi connectivity index (χ3v) is 5.39. The zero-order valence-electron chi connectivity index (χ0n) is 16.7. The normalized spacial score (nSPS) is 15.1. The molecule has 1 N–H and O–H groups in total. The molecule has 0 aromatic heterocycles. The first-order chi connectivity index (χ1) is 13.7. The van der Waals surface area contributed by atoms with Crippen molar-refractivity contribution in [3.8, 4) is 0 Å². The Hall–Kier alpha value is -3.00. The molecule has 1 aliphatic rings. The number of hydrogen-bond donors (Lipinski definition) is 1. The number of benzene rings is 2. The van der Waals surface area contributed by atoms with Crippen LogP contribution in [0.3, 0.4) is 0 Å². The van der Waals surface area contributed by atoms with Crippen molar-refractivity contribution >= 4 is 28.0 Å². The number of amides is 1. The third kappa shape index (κ3) is 5.29. The van der Waals surface area contributed by atoms with Gasteiger partial charge in [0.25, 0.3) is 10.0 Å². The van der Waals surface area contributed by atoms with Crippen molar-refractivity contribution in [2.24, 2.45) is 9.50 Å². The van der Waals surface area contributed by atoms with Crippen molar-refractivity contribution < 1.29 is 13.2 Å². The number of fused-ring (bicyclic) bond motifs is 1. The fourth-order valence-corrected chi connectivity index (χ4v) is 4.06. The summed E-state index contributed by atoms with van der Waals surface area (Å²) in [7, 11) is -3.78. The highest BCUT2D eigenvalue weighted by molar-refractivity contribution is 7.90. The average molecular weight is 413 g/mol. The van der Waals surface area contributed by atoms with E-state index in [0.29, 0.717) is 5.56 Å². The summed E-state index contributed by atoms with van der Waals surface area (Å²) < 4.78 is 28.8. The van der Waals surface area contributed by atoms with Crippen molar-refractivity contribution in [3.05, 3.63) is 65.7 Å². The molecule has 0 unspecified atom stereocenters. The highest BCUT2D eigenvalue weighted by atomic mass is 32.2. The summed E-state index contributed by atoms with van der Waals surface area (Å²) in [5.74, 6) is 0.0727. The molecule has 2 aromatic carbocycles. The van der Waals surface area contributed by atoms with Gasteiger partial charge in [0.2, 0.25) is 5.91 Å². The molecular formula is C21H24N4O3S. The van der Waals surface area contributed by atoms with Crippen LogP contribution in [0.4, 0.5) is 0 Å². The standard InChI is InChI=1S/C21H24N4O3S/c1-21(2,3)23-19(26)13-14-25(22-15-16-9-5-4-6-10-16)20-17-11-7-8-12-18(17)29(27,28)24-20/h4-12,15H,13-14H2,1-3H3,(H,23,26)/b22-15+. The minimum atomic E-state index is -3.78. The molecule has 7 nitrogen and oxygen atoms in total. The SMILES string of the molecule is CC(C)(C)NC(=O)CCN(/N=C/c1ccccc1)C1=NS(=O)(=O)c2ccccc21. The molecular weight excluding hydrogens is 388 g/mol. The predicted octanol–water partition coefficient (Wildman–Crippen LogP) is 2.78. The fraction of sp³-hybridized carbons (Fsp3) is 0.286. The number of carbonyl (C=O) groups is 1. The first-order valence-corrected chi connectivity index (χ1v) is 10.7. The summed E-state index contributed by atoms with van der Waals surface area (Å²) in [5, 5.41) is 8.81. The molecule has 29 heavy (non-hydrogen) atoms. The highest BCUT2D eigenvalue weighted by Gasteiger charge is 2.32. The molecule has 0 spiro atoms. The van der Waals surface area contributed by atoms with Crippen LogP contribution >= 0.6 is 0 Å². The van der Waals surface area contributed by atoms with Crippen molar-refractivity contribution in [2.45, 2.75) is 37.6 Å². The van der Waals surface area contributed by atoms with E-state index in [-0.39, 0.29) is 35.1 Å². The Kier molecular flexibility index (Phi) is 5.83. The molecule has 1 aliphatic heterocycles. The molecule has 2 aromatic rings. The monoisotopic (exact) mass is 412 g/mol. The lowest BCUT2D eigenvalue weighted by atomic mass is 10.1. The lowest BCUT2D eigenvalue weighted by Gasteiger charge is -2.22. The van der Waals surface area contributed by atoms with E-state index in [4.69, 9.17) is 0 Å². The van der Waals surface area contributed by atoms with E-state index in [0.717, 1.165) is 5.56 Å². The second-order valence-corrected chi connectivity index (χ2v) is 9.29. The quantitative estimate of drug-likeness (QED) is 0.604. The first-order valence-electron chi connectivity index (χ1n) is 9.28. The number of sulfonamides is 1. The van der Waals surface area contributed by atoms with Gasteiger partial charge in [-0.25, -0.2) is 5.01 Å². The van der Waals surface area contributed by atoms with Crippen molar-refractivity contribution in [1.82, 2.24) is 10.3 Å². The molecule has 0 bridgehead atoms. The Morgan fingerprint density at radius 3 is 2.45 bits per heavy atom. The molecule has 1 amide bonds. The Balaban J connectivity index is 1.89. The number of hydrazone groups is 1. The second kappa shape index (κ2) is 8.16. The van der Waals surface area contributed by atoms with Gasteiger partial charge in [-0.15, -0.1) is 4.40 Å². The number of nitrogens with one attached hydrogen (secondary N) is 1. The number of hydrogen-bond acceptors (Lipinski definition) is 5. The molecule has 3 rings (SSSR count). The summed E-state index contributed by atoms with van der Waals surface area (Å²) >= 11 is 0. The third-order valence-electron chi connectivity index (χ3n) is 4.07. The fourth-order valence-electron chi connectivity index (χ4n) is 2.86. The molecule has 152 valence electrons. The van der Waals surface area contributed by atoms with Crippen LogP contribution in [-0.2, 0) is 14.8 Å². The van der Waals surface area contributed by atoms with Gasteiger partial charge in [0, 0.05) is 17.5 Å². The van der Waals surface area contributed by atoms with E-state index in [1.54, 1.807) is 24.4 Å². The maximum Gasteiger partial charge on any atom is 0.285 e. The summed E-state index contributed by atoms with van der Waals surface area (Å²) in [6, 6.07) is 16.1. The predicted molar refractivity (Wildman–Crippen MR) is 113 cm³/mol. The van der Waals surface area contributed by atoms with Gasteiger partial charge in [-0.05, 0) is 38.5 Å². The van der Waals surface area contributed by atoms with Crippen LogP contribution in [0.5, 0.6) is 0 Å². The number of rotatable bonds is 5. The van der Waals surface area contributed by atoms with Gasteiger partial charge in [-0.1, -0.05) is 42.5 Å². The minimum absolute atomic E-state index is 0.143. The number of amidine groups is 1. The largest absolute Gasteiger partial charge is 0.351 e. The lowest BCUT2D eigenvalue weighted by Crippen LogP contribution is -2.42. The Bertz CT molecular complexity index is 1050. The second-order valence-electron chi connectivity index (χ2n) is 7.71. The zero-order chi connectivity index (χ0) is 21.1. The maximum atomic E-state index is 12.4. The Labute approximate surface area is 171 Å². The lowest BCUT2D eigenvalue weighted by molar-refractivity contribution is -0.122. The van der Waals surface area contributed by atoms with E-state index in [1.165, 1.54) is 11.1 Å². The van der Waals surface area contributed by atoms with Crippen LogP contribution < -0.4 is 5.32 Å². The summed E-state index contributed by atoms with van der Waals surface area (Å²) in [6.07, 6.45) is 1.77. The van der Waals surface area contributed by atoms with Gasteiger partial charge in [0.15, 0.2) is 5.84 Å². The van der Waals surface area contributed by atoms with Crippen molar-refractivity contribution in [3.63, 3.8) is 0 Å². The van der Waals surface area contributed by atoms with Crippen LogP contribution in [0.25, 0.3) is 0 Å². The van der Waals surface area contributed by atoms with E-state index in [1.807, 2.05) is 51.1 Å². The van der Waals surface area contributed by atoms with Gasteiger partial charge in [0.1, 0.15) is 4.90 Å². The van der Waals surface area contributed by atoms with Crippen LogP contribution in [0.15, 0.2) is 69.0 Å². The van der Waals surface area contributed by atoms with Crippen LogP contribution in [0, 0.1) is 0 Å².